The Hall–Kier alpha value is -3.44. The quantitative estimate of drug-likeness (QED) is 0.557. The Morgan fingerprint density at radius 2 is 1.77 bits per heavy atom. The molecule has 0 radical (unpaired) electrons. The standard InChI is InChI=1S/C20H22N4O6S/c1-24(2)31(26,27)15-10-8-13(9-11-15)19-22-23-20(30-19)18(25)21-12-14-6-5-7-16(28-3)17(14)29-4/h5-11H,12H2,1-4H3,(H,21,25). The van der Waals surface area contributed by atoms with E-state index in [-0.39, 0.29) is 23.2 Å². The molecule has 10 nitrogen and oxygen atoms in total. The van der Waals surface area contributed by atoms with Gasteiger partial charge in [-0.25, -0.2) is 12.7 Å². The zero-order valence-corrected chi connectivity index (χ0v) is 18.3. The molecule has 31 heavy (non-hydrogen) atoms. The van der Waals surface area contributed by atoms with Crippen LogP contribution in [-0.2, 0) is 16.6 Å². The van der Waals surface area contributed by atoms with Gasteiger partial charge in [-0.05, 0) is 30.3 Å². The molecule has 1 heterocycles. The number of hydrogen-bond acceptors (Lipinski definition) is 8. The molecule has 0 aliphatic rings. The van der Waals surface area contributed by atoms with Gasteiger partial charge in [0, 0.05) is 31.8 Å². The summed E-state index contributed by atoms with van der Waals surface area (Å²) in [5, 5.41) is 10.3. The molecule has 0 aliphatic heterocycles. The summed E-state index contributed by atoms with van der Waals surface area (Å²) in [6, 6.07) is 11.3. The number of methoxy groups -OCH3 is 2. The number of para-hydroxylation sites is 1. The van der Waals surface area contributed by atoms with E-state index in [1.54, 1.807) is 18.2 Å². The van der Waals surface area contributed by atoms with E-state index in [1.807, 2.05) is 0 Å². The Bertz CT molecular complexity index is 1170. The van der Waals surface area contributed by atoms with Gasteiger partial charge in [-0.1, -0.05) is 12.1 Å². The highest BCUT2D eigenvalue weighted by atomic mass is 32.2. The molecule has 3 aromatic rings. The third kappa shape index (κ3) is 4.67. The lowest BCUT2D eigenvalue weighted by molar-refractivity contribution is 0.0916. The molecule has 0 atom stereocenters. The van der Waals surface area contributed by atoms with Crippen LogP contribution in [-0.4, -0.2) is 57.1 Å². The summed E-state index contributed by atoms with van der Waals surface area (Å²) in [7, 11) is 2.40. The predicted octanol–water partition coefficient (Wildman–Crippen LogP) is 1.93. The van der Waals surface area contributed by atoms with Crippen LogP contribution < -0.4 is 14.8 Å². The molecule has 0 saturated heterocycles. The molecule has 0 fully saturated rings. The molecule has 1 N–H and O–H groups in total. The smallest absolute Gasteiger partial charge is 0.309 e. The summed E-state index contributed by atoms with van der Waals surface area (Å²) in [5.74, 6) is 0.383. The molecule has 2 aromatic carbocycles. The first-order valence-corrected chi connectivity index (χ1v) is 10.6. The Kier molecular flexibility index (Phi) is 6.56. The Labute approximate surface area is 179 Å². The highest BCUT2D eigenvalue weighted by Gasteiger charge is 2.20. The van der Waals surface area contributed by atoms with E-state index in [1.165, 1.54) is 52.6 Å². The van der Waals surface area contributed by atoms with E-state index in [0.717, 1.165) is 4.31 Å². The minimum Gasteiger partial charge on any atom is -0.493 e. The molecule has 1 amide bonds. The van der Waals surface area contributed by atoms with Crippen LogP contribution in [0.5, 0.6) is 11.5 Å². The van der Waals surface area contributed by atoms with Crippen molar-refractivity contribution >= 4 is 15.9 Å². The van der Waals surface area contributed by atoms with Crippen LogP contribution in [0.25, 0.3) is 11.5 Å². The molecule has 1 aromatic heterocycles. The van der Waals surface area contributed by atoms with Crippen LogP contribution in [0.3, 0.4) is 0 Å². The fraction of sp³-hybridized carbons (Fsp3) is 0.250. The molecule has 0 bridgehead atoms. The molecule has 0 aliphatic carbocycles. The van der Waals surface area contributed by atoms with Crippen molar-refractivity contribution in [2.45, 2.75) is 11.4 Å². The van der Waals surface area contributed by atoms with Crippen LogP contribution >= 0.6 is 0 Å². The van der Waals surface area contributed by atoms with Crippen LogP contribution in [0.15, 0.2) is 51.8 Å². The second-order valence-electron chi connectivity index (χ2n) is 6.56. The average molecular weight is 446 g/mol. The normalized spacial score (nSPS) is 11.4. The maximum atomic E-state index is 12.4. The van der Waals surface area contributed by atoms with Crippen molar-refractivity contribution < 1.29 is 27.1 Å². The monoisotopic (exact) mass is 446 g/mol. The average Bonchev–Trinajstić information content (AvgIpc) is 3.27. The zero-order chi connectivity index (χ0) is 22.6. The number of ether oxygens (including phenoxy) is 2. The number of nitrogens with zero attached hydrogens (tertiary/aromatic N) is 3. The van der Waals surface area contributed by atoms with E-state index < -0.39 is 15.9 Å². The van der Waals surface area contributed by atoms with Crippen LogP contribution in [0.1, 0.15) is 16.2 Å². The molecule has 0 unspecified atom stereocenters. The predicted molar refractivity (Wildman–Crippen MR) is 111 cm³/mol. The third-order valence-corrected chi connectivity index (χ3v) is 6.25. The molecular formula is C20H22N4O6S. The van der Waals surface area contributed by atoms with E-state index in [0.29, 0.717) is 22.6 Å². The van der Waals surface area contributed by atoms with Gasteiger partial charge < -0.3 is 19.2 Å². The number of carbonyl (C=O) groups excluding carboxylic acids is 1. The number of nitrogens with one attached hydrogen (secondary N) is 1. The number of carbonyl (C=O) groups is 1. The molecule has 0 saturated carbocycles. The van der Waals surface area contributed by atoms with Crippen LogP contribution in [0.2, 0.25) is 0 Å². The number of sulfonamides is 1. The summed E-state index contributed by atoms with van der Waals surface area (Å²) >= 11 is 0. The first-order chi connectivity index (χ1) is 14.8. The third-order valence-electron chi connectivity index (χ3n) is 4.42. The highest BCUT2D eigenvalue weighted by molar-refractivity contribution is 7.89. The molecular weight excluding hydrogens is 424 g/mol. The minimum absolute atomic E-state index is 0.0953. The van der Waals surface area contributed by atoms with E-state index in [9.17, 15) is 13.2 Å². The Morgan fingerprint density at radius 3 is 2.39 bits per heavy atom. The van der Waals surface area contributed by atoms with Gasteiger partial charge in [0.1, 0.15) is 0 Å². The fourth-order valence-corrected chi connectivity index (χ4v) is 3.66. The summed E-state index contributed by atoms with van der Waals surface area (Å²) in [4.78, 5) is 12.5. The maximum absolute atomic E-state index is 12.4. The number of rotatable bonds is 8. The van der Waals surface area contributed by atoms with Crippen molar-refractivity contribution in [3.63, 3.8) is 0 Å². The van der Waals surface area contributed by atoms with Gasteiger partial charge in [-0.2, -0.15) is 0 Å². The fourth-order valence-electron chi connectivity index (χ4n) is 2.76. The Balaban J connectivity index is 1.72. The lowest BCUT2D eigenvalue weighted by Gasteiger charge is -2.12. The van der Waals surface area contributed by atoms with Gasteiger partial charge in [0.05, 0.1) is 19.1 Å². The highest BCUT2D eigenvalue weighted by Crippen LogP contribution is 2.30. The van der Waals surface area contributed by atoms with Crippen molar-refractivity contribution in [3.05, 3.63) is 53.9 Å². The number of aromatic nitrogens is 2. The van der Waals surface area contributed by atoms with E-state index >= 15 is 0 Å². The first kappa shape index (κ1) is 22.2. The zero-order valence-electron chi connectivity index (χ0n) is 17.4. The summed E-state index contributed by atoms with van der Waals surface area (Å²) in [6.45, 7) is 0.161. The van der Waals surface area contributed by atoms with Gasteiger partial charge in [-0.15, -0.1) is 10.2 Å². The van der Waals surface area contributed by atoms with Gasteiger partial charge in [-0.3, -0.25) is 4.79 Å². The van der Waals surface area contributed by atoms with Gasteiger partial charge in [0.25, 0.3) is 0 Å². The molecule has 11 heteroatoms. The van der Waals surface area contributed by atoms with Gasteiger partial charge >= 0.3 is 11.8 Å². The van der Waals surface area contributed by atoms with Crippen LogP contribution in [0, 0.1) is 0 Å². The lowest BCUT2D eigenvalue weighted by Crippen LogP contribution is -2.23. The molecule has 0 spiro atoms. The second-order valence-corrected chi connectivity index (χ2v) is 8.71. The van der Waals surface area contributed by atoms with E-state index in [4.69, 9.17) is 13.9 Å². The van der Waals surface area contributed by atoms with Crippen molar-refractivity contribution in [1.82, 2.24) is 19.8 Å². The summed E-state index contributed by atoms with van der Waals surface area (Å²) in [6.07, 6.45) is 0. The van der Waals surface area contributed by atoms with Crippen molar-refractivity contribution in [2.75, 3.05) is 28.3 Å². The van der Waals surface area contributed by atoms with E-state index in [2.05, 4.69) is 15.5 Å². The SMILES string of the molecule is COc1cccc(CNC(=O)c2nnc(-c3ccc(S(=O)(=O)N(C)C)cc3)o2)c1OC. The summed E-state index contributed by atoms with van der Waals surface area (Å²) < 4.78 is 41.5. The Morgan fingerprint density at radius 1 is 1.06 bits per heavy atom. The number of hydrogen-bond donors (Lipinski definition) is 1. The molecule has 3 rings (SSSR count). The molecule has 164 valence electrons. The first-order valence-electron chi connectivity index (χ1n) is 9.12. The summed E-state index contributed by atoms with van der Waals surface area (Å²) in [5.41, 5.74) is 1.20. The largest absolute Gasteiger partial charge is 0.493 e. The number of amides is 1. The van der Waals surface area contributed by atoms with Crippen LogP contribution in [0.4, 0.5) is 0 Å². The van der Waals surface area contributed by atoms with Crippen molar-refractivity contribution in [2.24, 2.45) is 0 Å². The minimum atomic E-state index is -3.55. The van der Waals surface area contributed by atoms with Crippen molar-refractivity contribution in [1.29, 1.82) is 0 Å². The maximum Gasteiger partial charge on any atom is 0.309 e. The van der Waals surface area contributed by atoms with Gasteiger partial charge in [0.2, 0.25) is 15.9 Å². The topological polar surface area (TPSA) is 124 Å². The lowest BCUT2D eigenvalue weighted by atomic mass is 10.2. The number of benzene rings is 2. The van der Waals surface area contributed by atoms with Crippen molar-refractivity contribution in [3.8, 4) is 23.0 Å². The second kappa shape index (κ2) is 9.14. The van der Waals surface area contributed by atoms with Gasteiger partial charge in [0.15, 0.2) is 11.5 Å².